The molecule has 1 amide bonds. The average molecular weight is 652 g/mol. The number of carbonyl (C=O) groups excluding carboxylic acids is 3. The first-order chi connectivity index (χ1) is 22.2. The lowest BCUT2D eigenvalue weighted by Crippen LogP contribution is -2.57. The van der Waals surface area contributed by atoms with E-state index in [1.807, 2.05) is 0 Å². The van der Waals surface area contributed by atoms with Gasteiger partial charge in [0.05, 0.1) is 6.04 Å². The maximum Gasteiger partial charge on any atom is 0.220 e. The van der Waals surface area contributed by atoms with Crippen molar-refractivity contribution in [2.24, 2.45) is 46.3 Å². The number of hydrogen-bond donors (Lipinski definition) is 1. The molecule has 1 heterocycles. The largest absolute Gasteiger partial charge is 0.348 e. The average Bonchev–Trinajstić information content (AvgIpc) is 3.68. The molecule has 4 saturated carbocycles. The molecule has 5 rings (SSSR count). The molecule has 9 atom stereocenters. The first-order valence-corrected chi connectivity index (χ1v) is 20.4. The molecule has 46 heavy (non-hydrogen) atoms. The smallest absolute Gasteiger partial charge is 0.220 e. The Morgan fingerprint density at radius 3 is 2.24 bits per heavy atom. The number of hydrogen-bond acceptors (Lipinski definition) is 4. The van der Waals surface area contributed by atoms with Gasteiger partial charge in [0.1, 0.15) is 11.6 Å². The number of nitrogens with one attached hydrogen (secondary N) is 1. The van der Waals surface area contributed by atoms with E-state index in [0.717, 1.165) is 38.5 Å². The van der Waals surface area contributed by atoms with Gasteiger partial charge < -0.3 is 5.32 Å². The molecule has 1 unspecified atom stereocenters. The third kappa shape index (κ3) is 8.03. The van der Waals surface area contributed by atoms with Crippen molar-refractivity contribution in [2.75, 3.05) is 0 Å². The number of ketones is 2. The Kier molecular flexibility index (Phi) is 12.7. The van der Waals surface area contributed by atoms with E-state index in [4.69, 9.17) is 0 Å². The molecule has 0 spiro atoms. The van der Waals surface area contributed by atoms with Crippen LogP contribution >= 0.6 is 11.3 Å². The molecule has 0 aliphatic heterocycles. The van der Waals surface area contributed by atoms with Gasteiger partial charge in [0.15, 0.2) is 0 Å². The van der Waals surface area contributed by atoms with Crippen molar-refractivity contribution in [3.63, 3.8) is 0 Å². The summed E-state index contributed by atoms with van der Waals surface area (Å²) in [5, 5.41) is 5.61. The first-order valence-electron chi connectivity index (χ1n) is 19.5. The molecule has 4 fully saturated rings. The monoisotopic (exact) mass is 651 g/mol. The SMILES string of the molecule is CCCCCCCCCCCCCC(NC(=O)C[C@@H](C)[C@H]1CC[C@H]2[C@@H]3C(=O)C[C@@H]4CC(=O)CC[C@]4(C)[C@H]3CC[C@]12C)c1cccs1. The lowest BCUT2D eigenvalue weighted by Gasteiger charge is -2.59. The molecule has 0 aromatic carbocycles. The van der Waals surface area contributed by atoms with Crippen molar-refractivity contribution in [3.05, 3.63) is 22.4 Å². The number of fused-ring (bicyclic) bond motifs is 5. The van der Waals surface area contributed by atoms with Gasteiger partial charge in [0.25, 0.3) is 0 Å². The van der Waals surface area contributed by atoms with Crippen LogP contribution in [0.25, 0.3) is 0 Å². The minimum absolute atomic E-state index is 0.122. The van der Waals surface area contributed by atoms with Gasteiger partial charge in [0.2, 0.25) is 5.91 Å². The van der Waals surface area contributed by atoms with Gasteiger partial charge in [-0.15, -0.1) is 11.3 Å². The summed E-state index contributed by atoms with van der Waals surface area (Å²) in [6.45, 7) is 9.47. The fourth-order valence-corrected chi connectivity index (χ4v) is 12.0. The summed E-state index contributed by atoms with van der Waals surface area (Å²) >= 11 is 1.77. The van der Waals surface area contributed by atoms with E-state index < -0.39 is 0 Å². The standard InChI is InChI=1S/C41H65NO3S/c1-5-6-7-8-9-10-11-12-13-14-15-17-35(37-18-16-25-46-37)42-38(45)26-29(2)32-19-20-33-39-34(22-24-41(32,33)4)40(3)23-21-31(43)27-30(40)28-36(39)44/h16,18,25,29-30,32-35,39H,5-15,17,19-24,26-28H2,1-4H3,(H,42,45)/t29-,30+,32-,33+,34+,35?,39+,40+,41-/m1/s1. The number of thiophene rings is 1. The number of Topliss-reactive ketones (excluding diaryl/α,β-unsaturated/α-hetero) is 2. The highest BCUT2D eigenvalue weighted by Gasteiger charge is 2.63. The van der Waals surface area contributed by atoms with Crippen LogP contribution in [0.4, 0.5) is 0 Å². The summed E-state index contributed by atoms with van der Waals surface area (Å²) in [6.07, 6.45) is 23.8. The lowest BCUT2D eigenvalue weighted by atomic mass is 9.44. The van der Waals surface area contributed by atoms with Gasteiger partial charge in [0, 0.05) is 36.5 Å². The molecule has 1 aromatic rings. The third-order valence-electron chi connectivity index (χ3n) is 13.9. The summed E-state index contributed by atoms with van der Waals surface area (Å²) in [4.78, 5) is 40.9. The molecule has 1 aromatic heterocycles. The van der Waals surface area contributed by atoms with Crippen LogP contribution in [0.15, 0.2) is 17.5 Å². The normalized spacial score (nSPS) is 33.6. The van der Waals surface area contributed by atoms with Gasteiger partial charge in [-0.1, -0.05) is 104 Å². The Morgan fingerprint density at radius 2 is 1.57 bits per heavy atom. The van der Waals surface area contributed by atoms with E-state index in [1.165, 1.54) is 75.5 Å². The third-order valence-corrected chi connectivity index (χ3v) is 14.9. The van der Waals surface area contributed by atoms with E-state index in [0.29, 0.717) is 60.9 Å². The van der Waals surface area contributed by atoms with Crippen LogP contribution in [-0.4, -0.2) is 17.5 Å². The predicted molar refractivity (Wildman–Crippen MR) is 191 cm³/mol. The number of carbonyl (C=O) groups is 3. The van der Waals surface area contributed by atoms with Gasteiger partial charge in [-0.3, -0.25) is 14.4 Å². The molecule has 4 nitrogen and oxygen atoms in total. The van der Waals surface area contributed by atoms with Crippen molar-refractivity contribution in [3.8, 4) is 0 Å². The molecule has 4 aliphatic carbocycles. The molecule has 0 radical (unpaired) electrons. The zero-order chi connectivity index (χ0) is 32.7. The second-order valence-corrected chi connectivity index (χ2v) is 17.7. The van der Waals surface area contributed by atoms with Crippen molar-refractivity contribution in [2.45, 2.75) is 169 Å². The van der Waals surface area contributed by atoms with Gasteiger partial charge in [-0.05, 0) is 90.4 Å². The van der Waals surface area contributed by atoms with Crippen molar-refractivity contribution < 1.29 is 14.4 Å². The zero-order valence-electron chi connectivity index (χ0n) is 29.8. The molecular formula is C41H65NO3S. The molecule has 0 bridgehead atoms. The Bertz CT molecular complexity index is 1150. The Morgan fingerprint density at radius 1 is 0.891 bits per heavy atom. The number of amides is 1. The van der Waals surface area contributed by atoms with Gasteiger partial charge in [-0.25, -0.2) is 0 Å². The predicted octanol–water partition coefficient (Wildman–Crippen LogP) is 11.0. The van der Waals surface area contributed by atoms with Crippen molar-refractivity contribution >= 4 is 28.8 Å². The molecule has 4 aliphatic rings. The summed E-state index contributed by atoms with van der Waals surface area (Å²) in [6, 6.07) is 4.42. The molecule has 5 heteroatoms. The van der Waals surface area contributed by atoms with Crippen LogP contribution in [0.3, 0.4) is 0 Å². The summed E-state index contributed by atoms with van der Waals surface area (Å²) in [7, 11) is 0. The fraction of sp³-hybridized carbons (Fsp3) is 0.829. The minimum Gasteiger partial charge on any atom is -0.348 e. The Labute approximate surface area is 285 Å². The highest BCUT2D eigenvalue weighted by molar-refractivity contribution is 7.10. The number of unbranched alkanes of at least 4 members (excludes halogenated alkanes) is 10. The molecule has 1 N–H and O–H groups in total. The Hall–Kier alpha value is -1.49. The lowest BCUT2D eigenvalue weighted by molar-refractivity contribution is -0.159. The summed E-state index contributed by atoms with van der Waals surface area (Å²) in [5.74, 6) is 3.10. The van der Waals surface area contributed by atoms with Crippen LogP contribution in [0.1, 0.15) is 173 Å². The van der Waals surface area contributed by atoms with Crippen LogP contribution in [0.5, 0.6) is 0 Å². The highest BCUT2D eigenvalue weighted by Crippen LogP contribution is 2.67. The minimum atomic E-state index is 0.122. The quantitative estimate of drug-likeness (QED) is 0.170. The second-order valence-electron chi connectivity index (χ2n) is 16.7. The highest BCUT2D eigenvalue weighted by atomic mass is 32.1. The van der Waals surface area contributed by atoms with Crippen molar-refractivity contribution in [1.82, 2.24) is 5.32 Å². The second kappa shape index (κ2) is 16.3. The zero-order valence-corrected chi connectivity index (χ0v) is 30.6. The molecule has 258 valence electrons. The first kappa shape index (κ1) is 35.8. The van der Waals surface area contributed by atoms with E-state index >= 15 is 0 Å². The summed E-state index contributed by atoms with van der Waals surface area (Å²) < 4.78 is 0. The topological polar surface area (TPSA) is 63.2 Å². The van der Waals surface area contributed by atoms with Crippen molar-refractivity contribution in [1.29, 1.82) is 0 Å². The maximum atomic E-state index is 13.7. The maximum absolute atomic E-state index is 13.7. The van der Waals surface area contributed by atoms with Crippen LogP contribution in [-0.2, 0) is 14.4 Å². The molecule has 0 saturated heterocycles. The summed E-state index contributed by atoms with van der Waals surface area (Å²) in [5.41, 5.74) is 0.273. The van der Waals surface area contributed by atoms with E-state index in [-0.39, 0.29) is 34.6 Å². The van der Waals surface area contributed by atoms with E-state index in [1.54, 1.807) is 11.3 Å². The van der Waals surface area contributed by atoms with Crippen LogP contribution < -0.4 is 5.32 Å². The van der Waals surface area contributed by atoms with E-state index in [2.05, 4.69) is 50.5 Å². The number of rotatable bonds is 17. The Balaban J connectivity index is 1.10. The molecular weight excluding hydrogens is 587 g/mol. The van der Waals surface area contributed by atoms with Gasteiger partial charge in [-0.2, -0.15) is 0 Å². The van der Waals surface area contributed by atoms with Crippen LogP contribution in [0, 0.1) is 46.3 Å². The van der Waals surface area contributed by atoms with Crippen LogP contribution in [0.2, 0.25) is 0 Å². The fourth-order valence-electron chi connectivity index (χ4n) is 11.2. The van der Waals surface area contributed by atoms with Gasteiger partial charge >= 0.3 is 0 Å². The van der Waals surface area contributed by atoms with E-state index in [9.17, 15) is 14.4 Å².